The van der Waals surface area contributed by atoms with Gasteiger partial charge in [0, 0.05) is 10.6 Å². The van der Waals surface area contributed by atoms with Gasteiger partial charge in [0.2, 0.25) is 0 Å². The molecule has 2 aromatic rings. The van der Waals surface area contributed by atoms with Gasteiger partial charge in [-0.2, -0.15) is 0 Å². The number of hydrogen-bond acceptors (Lipinski definition) is 4. The number of hydrogen-bond donors (Lipinski definition) is 1. The van der Waals surface area contributed by atoms with Crippen LogP contribution in [0.15, 0.2) is 47.6 Å². The number of ether oxygens (including phenoxy) is 2. The Bertz CT molecular complexity index is 641. The first-order chi connectivity index (χ1) is 11.2. The number of oxime groups is 1. The summed E-state index contributed by atoms with van der Waals surface area (Å²) in [6.07, 6.45) is 3.50. The van der Waals surface area contributed by atoms with Crippen molar-refractivity contribution in [3.8, 4) is 11.5 Å². The third-order valence-corrected chi connectivity index (χ3v) is 3.48. The maximum absolute atomic E-state index is 8.66. The number of benzene rings is 2. The standard InChI is InChI=1S/C18H20ClNO3/c1-2-3-14-4-7-17(8-5-14)22-10-11-23-18-9-6-16(19)12-15(18)13-20-21/h4-9,12-13,21H,2-3,10-11H2,1H3. The summed E-state index contributed by atoms with van der Waals surface area (Å²) in [5.41, 5.74) is 1.93. The molecule has 0 radical (unpaired) electrons. The molecular weight excluding hydrogens is 314 g/mol. The molecule has 0 aliphatic heterocycles. The Hall–Kier alpha value is -2.20. The molecule has 2 rings (SSSR count). The summed E-state index contributed by atoms with van der Waals surface area (Å²) in [6.45, 7) is 2.96. The molecule has 0 amide bonds. The highest BCUT2D eigenvalue weighted by atomic mass is 35.5. The van der Waals surface area contributed by atoms with Crippen LogP contribution in [-0.2, 0) is 6.42 Å². The van der Waals surface area contributed by atoms with Gasteiger partial charge in [-0.3, -0.25) is 0 Å². The van der Waals surface area contributed by atoms with Crippen LogP contribution in [0.3, 0.4) is 0 Å². The molecule has 5 heteroatoms. The number of rotatable bonds is 8. The second kappa shape index (κ2) is 9.06. The Morgan fingerprint density at radius 3 is 2.52 bits per heavy atom. The molecule has 0 aromatic heterocycles. The Kier molecular flexibility index (Phi) is 6.76. The predicted octanol–water partition coefficient (Wildman–Crippen LogP) is 4.56. The fraction of sp³-hybridized carbons (Fsp3) is 0.278. The predicted molar refractivity (Wildman–Crippen MR) is 92.3 cm³/mol. The molecule has 0 saturated carbocycles. The van der Waals surface area contributed by atoms with Crippen LogP contribution < -0.4 is 9.47 Å². The Morgan fingerprint density at radius 2 is 1.83 bits per heavy atom. The van der Waals surface area contributed by atoms with Gasteiger partial charge in [-0.05, 0) is 42.3 Å². The summed E-state index contributed by atoms with van der Waals surface area (Å²) >= 11 is 5.91. The lowest BCUT2D eigenvalue weighted by molar-refractivity contribution is 0.217. The molecule has 0 aliphatic carbocycles. The minimum Gasteiger partial charge on any atom is -0.490 e. The minimum absolute atomic E-state index is 0.380. The van der Waals surface area contributed by atoms with E-state index in [1.54, 1.807) is 18.2 Å². The van der Waals surface area contributed by atoms with E-state index in [4.69, 9.17) is 26.3 Å². The van der Waals surface area contributed by atoms with E-state index in [0.29, 0.717) is 29.5 Å². The van der Waals surface area contributed by atoms with Crippen molar-refractivity contribution in [2.75, 3.05) is 13.2 Å². The van der Waals surface area contributed by atoms with Crippen molar-refractivity contribution in [1.29, 1.82) is 0 Å². The Labute approximate surface area is 141 Å². The summed E-state index contributed by atoms with van der Waals surface area (Å²) in [5, 5.41) is 12.2. The normalized spacial score (nSPS) is 10.9. The molecule has 0 bridgehead atoms. The first-order valence-electron chi connectivity index (χ1n) is 7.54. The average molecular weight is 334 g/mol. The van der Waals surface area contributed by atoms with Crippen molar-refractivity contribution < 1.29 is 14.7 Å². The van der Waals surface area contributed by atoms with Crippen LogP contribution >= 0.6 is 11.6 Å². The van der Waals surface area contributed by atoms with E-state index in [1.165, 1.54) is 11.8 Å². The van der Waals surface area contributed by atoms with Crippen LogP contribution in [0.2, 0.25) is 5.02 Å². The van der Waals surface area contributed by atoms with Gasteiger partial charge in [0.25, 0.3) is 0 Å². The molecule has 0 atom stereocenters. The van der Waals surface area contributed by atoms with Gasteiger partial charge in [-0.1, -0.05) is 42.2 Å². The monoisotopic (exact) mass is 333 g/mol. The highest BCUT2D eigenvalue weighted by Crippen LogP contribution is 2.21. The molecule has 4 nitrogen and oxygen atoms in total. The summed E-state index contributed by atoms with van der Waals surface area (Å²) in [5.74, 6) is 1.41. The molecule has 122 valence electrons. The quantitative estimate of drug-likeness (QED) is 0.333. The second-order valence-electron chi connectivity index (χ2n) is 5.02. The number of nitrogens with zero attached hydrogens (tertiary/aromatic N) is 1. The summed E-state index contributed by atoms with van der Waals surface area (Å²) < 4.78 is 11.3. The Balaban J connectivity index is 1.83. The third kappa shape index (κ3) is 5.49. The van der Waals surface area contributed by atoms with E-state index in [9.17, 15) is 0 Å². The van der Waals surface area contributed by atoms with Crippen molar-refractivity contribution in [1.82, 2.24) is 0 Å². The zero-order valence-electron chi connectivity index (χ0n) is 13.0. The SMILES string of the molecule is CCCc1ccc(OCCOc2ccc(Cl)cc2C=NO)cc1. The molecule has 1 N–H and O–H groups in total. The minimum atomic E-state index is 0.380. The lowest BCUT2D eigenvalue weighted by atomic mass is 10.1. The van der Waals surface area contributed by atoms with Crippen LogP contribution in [-0.4, -0.2) is 24.6 Å². The average Bonchev–Trinajstić information content (AvgIpc) is 2.55. The molecule has 2 aromatic carbocycles. The highest BCUT2D eigenvalue weighted by molar-refractivity contribution is 6.30. The molecule has 0 aliphatic rings. The number of aryl methyl sites for hydroxylation is 1. The number of halogens is 1. The fourth-order valence-electron chi connectivity index (χ4n) is 2.17. The van der Waals surface area contributed by atoms with Crippen molar-refractivity contribution in [2.45, 2.75) is 19.8 Å². The molecule has 23 heavy (non-hydrogen) atoms. The highest BCUT2D eigenvalue weighted by Gasteiger charge is 2.03. The van der Waals surface area contributed by atoms with E-state index in [2.05, 4.69) is 24.2 Å². The molecule has 0 heterocycles. The van der Waals surface area contributed by atoms with Gasteiger partial charge < -0.3 is 14.7 Å². The van der Waals surface area contributed by atoms with Crippen molar-refractivity contribution in [3.05, 3.63) is 58.6 Å². The second-order valence-corrected chi connectivity index (χ2v) is 5.45. The zero-order valence-corrected chi connectivity index (χ0v) is 13.8. The molecular formula is C18H20ClNO3. The van der Waals surface area contributed by atoms with Crippen LogP contribution in [0.25, 0.3) is 0 Å². The summed E-state index contributed by atoms with van der Waals surface area (Å²) in [7, 11) is 0. The molecule has 0 unspecified atom stereocenters. The van der Waals surface area contributed by atoms with E-state index >= 15 is 0 Å². The van der Waals surface area contributed by atoms with E-state index in [1.807, 2.05) is 12.1 Å². The molecule has 0 saturated heterocycles. The van der Waals surface area contributed by atoms with Gasteiger partial charge >= 0.3 is 0 Å². The van der Waals surface area contributed by atoms with Gasteiger partial charge in [-0.15, -0.1) is 0 Å². The largest absolute Gasteiger partial charge is 0.490 e. The molecule has 0 spiro atoms. The first kappa shape index (κ1) is 17.2. The smallest absolute Gasteiger partial charge is 0.128 e. The van der Waals surface area contributed by atoms with E-state index in [0.717, 1.165) is 18.6 Å². The maximum atomic E-state index is 8.66. The Morgan fingerprint density at radius 1 is 1.09 bits per heavy atom. The van der Waals surface area contributed by atoms with E-state index in [-0.39, 0.29) is 0 Å². The van der Waals surface area contributed by atoms with Crippen LogP contribution in [0.1, 0.15) is 24.5 Å². The third-order valence-electron chi connectivity index (χ3n) is 3.24. The van der Waals surface area contributed by atoms with Crippen LogP contribution in [0.4, 0.5) is 0 Å². The van der Waals surface area contributed by atoms with Gasteiger partial charge in [-0.25, -0.2) is 0 Å². The molecule has 0 fully saturated rings. The summed E-state index contributed by atoms with van der Waals surface area (Å²) in [6, 6.07) is 13.2. The van der Waals surface area contributed by atoms with Crippen molar-refractivity contribution >= 4 is 17.8 Å². The van der Waals surface area contributed by atoms with Crippen molar-refractivity contribution in [3.63, 3.8) is 0 Å². The van der Waals surface area contributed by atoms with Crippen molar-refractivity contribution in [2.24, 2.45) is 5.16 Å². The van der Waals surface area contributed by atoms with Crippen LogP contribution in [0.5, 0.6) is 11.5 Å². The first-order valence-corrected chi connectivity index (χ1v) is 7.92. The van der Waals surface area contributed by atoms with Gasteiger partial charge in [0.1, 0.15) is 24.7 Å². The summed E-state index contributed by atoms with van der Waals surface area (Å²) in [4.78, 5) is 0. The van der Waals surface area contributed by atoms with Gasteiger partial charge in [0.05, 0.1) is 6.21 Å². The maximum Gasteiger partial charge on any atom is 0.128 e. The van der Waals surface area contributed by atoms with Gasteiger partial charge in [0.15, 0.2) is 0 Å². The van der Waals surface area contributed by atoms with Crippen LogP contribution in [0, 0.1) is 0 Å². The lowest BCUT2D eigenvalue weighted by Crippen LogP contribution is -2.10. The van der Waals surface area contributed by atoms with E-state index < -0.39 is 0 Å². The fourth-order valence-corrected chi connectivity index (χ4v) is 2.35. The lowest BCUT2D eigenvalue weighted by Gasteiger charge is -2.11. The topological polar surface area (TPSA) is 51.0 Å². The zero-order chi connectivity index (χ0) is 16.5.